The van der Waals surface area contributed by atoms with Gasteiger partial charge in [-0.2, -0.15) is 5.10 Å². The van der Waals surface area contributed by atoms with Crippen LogP contribution in [0, 0.1) is 6.92 Å². The van der Waals surface area contributed by atoms with E-state index in [2.05, 4.69) is 10.5 Å². The fraction of sp³-hybridized carbons (Fsp3) is 0.0741. The van der Waals surface area contributed by atoms with Crippen LogP contribution in [0.2, 0.25) is 0 Å². The van der Waals surface area contributed by atoms with Crippen LogP contribution in [0.25, 0.3) is 10.8 Å². The third-order valence-electron chi connectivity index (χ3n) is 4.87. The zero-order chi connectivity index (χ0) is 23.0. The molecule has 0 saturated heterocycles. The van der Waals surface area contributed by atoms with E-state index in [0.717, 1.165) is 21.9 Å². The van der Waals surface area contributed by atoms with Crippen LogP contribution in [0.3, 0.4) is 0 Å². The molecule has 0 aliphatic carbocycles. The molecule has 164 valence electrons. The highest BCUT2D eigenvalue weighted by Crippen LogP contribution is 2.20. The fourth-order valence-corrected chi connectivity index (χ4v) is 3.09. The smallest absolute Gasteiger partial charge is 0.343 e. The first-order valence-electron chi connectivity index (χ1n) is 10.4. The Bertz CT molecular complexity index is 1300. The molecule has 0 aliphatic rings. The number of carbonyl (C=O) groups is 2. The summed E-state index contributed by atoms with van der Waals surface area (Å²) in [7, 11) is 0. The van der Waals surface area contributed by atoms with Crippen molar-refractivity contribution in [2.24, 2.45) is 5.10 Å². The first-order valence-corrected chi connectivity index (χ1v) is 10.4. The lowest BCUT2D eigenvalue weighted by Gasteiger charge is -2.06. The maximum Gasteiger partial charge on any atom is 0.343 e. The highest BCUT2D eigenvalue weighted by atomic mass is 16.5. The van der Waals surface area contributed by atoms with E-state index < -0.39 is 5.97 Å². The SMILES string of the molecule is Cc1ccc(C(=O)Oc2ccc(C=NNC(=O)COc3ccc4ccccc4c3)cc2)cc1. The van der Waals surface area contributed by atoms with Gasteiger partial charge in [0, 0.05) is 0 Å². The molecular weight excluding hydrogens is 416 g/mol. The number of fused-ring (bicyclic) bond motifs is 1. The normalized spacial score (nSPS) is 10.8. The van der Waals surface area contributed by atoms with Crippen LogP contribution in [0.1, 0.15) is 21.5 Å². The largest absolute Gasteiger partial charge is 0.484 e. The van der Waals surface area contributed by atoms with Gasteiger partial charge in [-0.25, -0.2) is 10.2 Å². The topological polar surface area (TPSA) is 77.0 Å². The van der Waals surface area contributed by atoms with Crippen LogP contribution in [0.4, 0.5) is 0 Å². The Labute approximate surface area is 191 Å². The van der Waals surface area contributed by atoms with E-state index in [1.807, 2.05) is 61.5 Å². The number of benzene rings is 4. The molecule has 0 unspecified atom stereocenters. The first kappa shape index (κ1) is 21.8. The number of nitrogens with zero attached hydrogens (tertiary/aromatic N) is 1. The van der Waals surface area contributed by atoms with Crippen molar-refractivity contribution in [2.75, 3.05) is 6.61 Å². The summed E-state index contributed by atoms with van der Waals surface area (Å²) in [4.78, 5) is 24.2. The molecule has 4 rings (SSSR count). The lowest BCUT2D eigenvalue weighted by atomic mass is 10.1. The lowest BCUT2D eigenvalue weighted by molar-refractivity contribution is -0.123. The van der Waals surface area contributed by atoms with E-state index >= 15 is 0 Å². The maximum absolute atomic E-state index is 12.2. The number of hydrazone groups is 1. The van der Waals surface area contributed by atoms with Crippen LogP contribution in [0.15, 0.2) is 96.1 Å². The van der Waals surface area contributed by atoms with Gasteiger partial charge in [-0.15, -0.1) is 0 Å². The van der Waals surface area contributed by atoms with Gasteiger partial charge in [0.05, 0.1) is 11.8 Å². The van der Waals surface area contributed by atoms with E-state index in [0.29, 0.717) is 17.1 Å². The second kappa shape index (κ2) is 10.2. The van der Waals surface area contributed by atoms with Gasteiger partial charge >= 0.3 is 5.97 Å². The van der Waals surface area contributed by atoms with Gasteiger partial charge in [0.1, 0.15) is 11.5 Å². The van der Waals surface area contributed by atoms with Gasteiger partial charge in [0.25, 0.3) is 5.91 Å². The number of amides is 1. The molecule has 1 amide bonds. The van der Waals surface area contributed by atoms with E-state index in [9.17, 15) is 9.59 Å². The molecule has 33 heavy (non-hydrogen) atoms. The minimum absolute atomic E-state index is 0.149. The summed E-state index contributed by atoms with van der Waals surface area (Å²) in [6, 6.07) is 27.6. The van der Waals surface area contributed by atoms with E-state index in [-0.39, 0.29) is 12.5 Å². The van der Waals surface area contributed by atoms with Gasteiger partial charge in [0.15, 0.2) is 6.61 Å². The monoisotopic (exact) mass is 438 g/mol. The number of esters is 1. The predicted octanol–water partition coefficient (Wildman–Crippen LogP) is 4.90. The Hall–Kier alpha value is -4.45. The van der Waals surface area contributed by atoms with Gasteiger partial charge in [-0.3, -0.25) is 4.79 Å². The van der Waals surface area contributed by atoms with E-state index in [4.69, 9.17) is 9.47 Å². The summed E-state index contributed by atoms with van der Waals surface area (Å²) in [5.41, 5.74) is 4.73. The minimum Gasteiger partial charge on any atom is -0.484 e. The van der Waals surface area contributed by atoms with Crippen molar-refractivity contribution in [1.82, 2.24) is 5.43 Å². The Balaban J connectivity index is 1.25. The molecule has 0 aliphatic heterocycles. The summed E-state index contributed by atoms with van der Waals surface area (Å²) in [6.45, 7) is 1.80. The Kier molecular flexibility index (Phi) is 6.75. The molecule has 6 heteroatoms. The van der Waals surface area contributed by atoms with Gasteiger partial charge in [-0.1, -0.05) is 48.0 Å². The number of ether oxygens (including phenoxy) is 2. The highest BCUT2D eigenvalue weighted by molar-refractivity contribution is 5.91. The second-order valence-electron chi connectivity index (χ2n) is 7.42. The number of hydrogen-bond donors (Lipinski definition) is 1. The second-order valence-corrected chi connectivity index (χ2v) is 7.42. The average molecular weight is 438 g/mol. The van der Waals surface area contributed by atoms with Gasteiger partial charge < -0.3 is 9.47 Å². The minimum atomic E-state index is -0.421. The number of nitrogens with one attached hydrogen (secondary N) is 1. The van der Waals surface area contributed by atoms with Crippen LogP contribution < -0.4 is 14.9 Å². The van der Waals surface area contributed by atoms with Crippen LogP contribution in [-0.2, 0) is 4.79 Å². The maximum atomic E-state index is 12.2. The molecule has 6 nitrogen and oxygen atoms in total. The van der Waals surface area contributed by atoms with Crippen molar-refractivity contribution in [3.8, 4) is 11.5 Å². The molecule has 0 spiro atoms. The molecule has 0 saturated carbocycles. The molecule has 0 fully saturated rings. The summed E-state index contributed by atoms with van der Waals surface area (Å²) >= 11 is 0. The zero-order valence-corrected chi connectivity index (χ0v) is 18.0. The Morgan fingerprint density at radius 2 is 1.55 bits per heavy atom. The number of carbonyl (C=O) groups excluding carboxylic acids is 2. The quantitative estimate of drug-likeness (QED) is 0.193. The van der Waals surface area contributed by atoms with Crippen LogP contribution in [0.5, 0.6) is 11.5 Å². The number of rotatable bonds is 7. The molecule has 1 N–H and O–H groups in total. The number of aryl methyl sites for hydroxylation is 1. The van der Waals surface area contributed by atoms with Crippen molar-refractivity contribution >= 4 is 28.9 Å². The van der Waals surface area contributed by atoms with Crippen molar-refractivity contribution in [2.45, 2.75) is 6.92 Å². The molecule has 0 heterocycles. The standard InChI is InChI=1S/C27H22N2O4/c1-19-6-10-22(11-7-19)27(31)33-24-13-8-20(9-14-24)17-28-29-26(30)18-32-25-15-12-21-4-2-3-5-23(21)16-25/h2-17H,18H2,1H3,(H,29,30). The van der Waals surface area contributed by atoms with Crippen molar-refractivity contribution < 1.29 is 19.1 Å². The van der Waals surface area contributed by atoms with E-state index in [1.165, 1.54) is 6.21 Å². The summed E-state index contributed by atoms with van der Waals surface area (Å²) in [5, 5.41) is 6.09. The summed E-state index contributed by atoms with van der Waals surface area (Å²) < 4.78 is 10.9. The summed E-state index contributed by atoms with van der Waals surface area (Å²) in [5.74, 6) is 0.243. The van der Waals surface area contributed by atoms with Crippen molar-refractivity contribution in [3.05, 3.63) is 108 Å². The van der Waals surface area contributed by atoms with Gasteiger partial charge in [-0.05, 0) is 71.8 Å². The molecular formula is C27H22N2O4. The predicted molar refractivity (Wildman–Crippen MR) is 128 cm³/mol. The third-order valence-corrected chi connectivity index (χ3v) is 4.87. The molecule has 0 atom stereocenters. The Morgan fingerprint density at radius 1 is 0.848 bits per heavy atom. The molecule has 4 aromatic carbocycles. The average Bonchev–Trinajstić information content (AvgIpc) is 2.84. The van der Waals surface area contributed by atoms with Gasteiger partial charge in [0.2, 0.25) is 0 Å². The lowest BCUT2D eigenvalue weighted by Crippen LogP contribution is -2.24. The van der Waals surface area contributed by atoms with Crippen LogP contribution >= 0.6 is 0 Å². The number of hydrogen-bond acceptors (Lipinski definition) is 5. The van der Waals surface area contributed by atoms with E-state index in [1.54, 1.807) is 36.4 Å². The Morgan fingerprint density at radius 3 is 2.30 bits per heavy atom. The van der Waals surface area contributed by atoms with Crippen LogP contribution in [-0.4, -0.2) is 24.7 Å². The molecule has 0 radical (unpaired) electrons. The highest BCUT2D eigenvalue weighted by Gasteiger charge is 2.08. The zero-order valence-electron chi connectivity index (χ0n) is 18.0. The fourth-order valence-electron chi connectivity index (χ4n) is 3.09. The third kappa shape index (κ3) is 6.04. The molecule has 0 aromatic heterocycles. The van der Waals surface area contributed by atoms with Crippen molar-refractivity contribution in [3.63, 3.8) is 0 Å². The first-order chi connectivity index (χ1) is 16.1. The summed E-state index contributed by atoms with van der Waals surface area (Å²) in [6.07, 6.45) is 1.50. The molecule has 0 bridgehead atoms. The van der Waals surface area contributed by atoms with Crippen molar-refractivity contribution in [1.29, 1.82) is 0 Å². The molecule has 4 aromatic rings.